The fraction of sp³-hybridized carbons (Fsp3) is 0.393. The minimum Gasteiger partial charge on any atom is -0.310 e. The van der Waals surface area contributed by atoms with Gasteiger partial charge in [0, 0.05) is 22.2 Å². The fourth-order valence-electron chi connectivity index (χ4n) is 12.6. The van der Waals surface area contributed by atoms with Crippen LogP contribution in [0.25, 0.3) is 33.0 Å². The molecule has 0 heterocycles. The quantitative estimate of drug-likeness (QED) is 0.157. The molecule has 4 fully saturated rings. The highest BCUT2D eigenvalue weighted by molar-refractivity contribution is 6.00. The molecular weight excluding hydrogens is 687 g/mol. The van der Waals surface area contributed by atoms with Gasteiger partial charge in [-0.1, -0.05) is 144 Å². The van der Waals surface area contributed by atoms with Gasteiger partial charge in [0.1, 0.15) is 0 Å². The lowest BCUT2D eigenvalue weighted by molar-refractivity contribution is 0.420. The van der Waals surface area contributed by atoms with Gasteiger partial charge in [0.25, 0.3) is 0 Å². The summed E-state index contributed by atoms with van der Waals surface area (Å²) in [4.78, 5) is 2.59. The molecule has 1 nitrogen and oxygen atoms in total. The predicted octanol–water partition coefficient (Wildman–Crippen LogP) is 16.3. The predicted molar refractivity (Wildman–Crippen MR) is 241 cm³/mol. The number of benzene rings is 6. The standard InChI is InChI=1S/C56H59N/c1-56(2)52-17-10-16-48(42-23-21-40(22-24-42)38-11-5-3-6-12-38)55(52)49-32-31-47(36-53(49)56)57(46-29-27-43(28-30-46)50-34-37-19-20-45(50)33-37)54-18-9-15-41-25-26-44(35-51(41)54)39-13-7-4-8-14-39/h9-10,15-18,21-32,35-39,45,50H,3-8,11-14,19-20,33-34H2,1-2H3. The second kappa shape index (κ2) is 14.3. The zero-order chi connectivity index (χ0) is 38.1. The monoisotopic (exact) mass is 745 g/mol. The average Bonchev–Trinajstić information content (AvgIpc) is 3.97. The van der Waals surface area contributed by atoms with Gasteiger partial charge in [-0.3, -0.25) is 0 Å². The second-order valence-corrected chi connectivity index (χ2v) is 19.3. The largest absolute Gasteiger partial charge is 0.310 e. The first kappa shape index (κ1) is 35.5. The van der Waals surface area contributed by atoms with Gasteiger partial charge in [0.15, 0.2) is 0 Å². The van der Waals surface area contributed by atoms with Crippen molar-refractivity contribution in [2.75, 3.05) is 4.90 Å². The Bertz CT molecular complexity index is 2420. The molecule has 0 N–H and O–H groups in total. The van der Waals surface area contributed by atoms with E-state index in [1.165, 1.54) is 162 Å². The van der Waals surface area contributed by atoms with E-state index < -0.39 is 0 Å². The van der Waals surface area contributed by atoms with Crippen LogP contribution in [0, 0.1) is 11.8 Å². The first-order valence-corrected chi connectivity index (χ1v) is 22.8. The summed E-state index contributed by atoms with van der Waals surface area (Å²) in [6, 6.07) is 48.3. The third-order valence-electron chi connectivity index (χ3n) is 15.8. The Morgan fingerprint density at radius 1 is 0.509 bits per heavy atom. The zero-order valence-corrected chi connectivity index (χ0v) is 34.3. The number of fused-ring (bicyclic) bond motifs is 6. The fourth-order valence-corrected chi connectivity index (χ4v) is 12.6. The summed E-state index contributed by atoms with van der Waals surface area (Å²) >= 11 is 0. The second-order valence-electron chi connectivity index (χ2n) is 19.3. The molecule has 0 aliphatic heterocycles. The van der Waals surface area contributed by atoms with Crippen molar-refractivity contribution >= 4 is 27.8 Å². The van der Waals surface area contributed by atoms with Crippen LogP contribution in [0.1, 0.15) is 149 Å². The van der Waals surface area contributed by atoms with E-state index >= 15 is 0 Å². The van der Waals surface area contributed by atoms with E-state index in [9.17, 15) is 0 Å². The van der Waals surface area contributed by atoms with Crippen molar-refractivity contribution < 1.29 is 0 Å². The lowest BCUT2D eigenvalue weighted by Gasteiger charge is -2.30. The number of rotatable bonds is 7. The highest BCUT2D eigenvalue weighted by Crippen LogP contribution is 2.55. The van der Waals surface area contributed by atoms with Crippen molar-refractivity contribution in [1.82, 2.24) is 0 Å². The molecule has 0 aromatic heterocycles. The van der Waals surface area contributed by atoms with Crippen molar-refractivity contribution in [1.29, 1.82) is 0 Å². The van der Waals surface area contributed by atoms with Crippen molar-refractivity contribution in [2.45, 2.75) is 127 Å². The molecule has 3 atom stereocenters. The van der Waals surface area contributed by atoms with Crippen LogP contribution in [-0.2, 0) is 5.41 Å². The third kappa shape index (κ3) is 6.18. The van der Waals surface area contributed by atoms with Crippen LogP contribution in [0.2, 0.25) is 0 Å². The van der Waals surface area contributed by atoms with E-state index in [4.69, 9.17) is 0 Å². The van der Waals surface area contributed by atoms with Gasteiger partial charge in [-0.25, -0.2) is 0 Å². The first-order valence-electron chi connectivity index (χ1n) is 22.8. The minimum absolute atomic E-state index is 0.122. The molecule has 6 aromatic carbocycles. The number of anilines is 3. The van der Waals surface area contributed by atoms with Crippen LogP contribution in [-0.4, -0.2) is 0 Å². The van der Waals surface area contributed by atoms with Crippen LogP contribution in [0.15, 0.2) is 121 Å². The molecule has 57 heavy (non-hydrogen) atoms. The van der Waals surface area contributed by atoms with Crippen LogP contribution in [0.3, 0.4) is 0 Å². The van der Waals surface area contributed by atoms with Gasteiger partial charge in [0.05, 0.1) is 5.69 Å². The van der Waals surface area contributed by atoms with Crippen molar-refractivity contribution in [3.05, 3.63) is 149 Å². The Morgan fingerprint density at radius 3 is 1.91 bits per heavy atom. The molecule has 1 heteroatoms. The minimum atomic E-state index is -0.122. The lowest BCUT2D eigenvalue weighted by atomic mass is 9.81. The summed E-state index contributed by atoms with van der Waals surface area (Å²) in [5.74, 6) is 3.96. The molecule has 0 amide bonds. The maximum absolute atomic E-state index is 2.59. The molecule has 0 spiro atoms. The SMILES string of the molecule is CC1(C)c2cc(N(c3ccc(C4CC5CCC4C5)cc3)c3cccc4ccc(C5CCCCC5)cc34)ccc2-c2c(-c3ccc(C4CCCCC4)cc3)cccc21. The molecule has 6 aromatic rings. The van der Waals surface area contributed by atoms with E-state index in [1.807, 2.05) is 0 Å². The average molecular weight is 746 g/mol. The topological polar surface area (TPSA) is 3.24 Å². The van der Waals surface area contributed by atoms with Gasteiger partial charge in [0.2, 0.25) is 0 Å². The Hall–Kier alpha value is -4.62. The van der Waals surface area contributed by atoms with Crippen LogP contribution < -0.4 is 4.90 Å². The van der Waals surface area contributed by atoms with Crippen molar-refractivity contribution in [3.63, 3.8) is 0 Å². The maximum atomic E-state index is 2.59. The number of nitrogens with zero attached hydrogens (tertiary/aromatic N) is 1. The number of hydrogen-bond donors (Lipinski definition) is 0. The Labute approximate surface area is 341 Å². The molecular formula is C56H59N. The van der Waals surface area contributed by atoms with Gasteiger partial charge in [-0.2, -0.15) is 0 Å². The van der Waals surface area contributed by atoms with E-state index in [2.05, 4.69) is 140 Å². The van der Waals surface area contributed by atoms with Gasteiger partial charge in [-0.05, 0) is 166 Å². The Morgan fingerprint density at radius 2 is 1.19 bits per heavy atom. The summed E-state index contributed by atoms with van der Waals surface area (Å²) in [5.41, 5.74) is 16.6. The molecule has 288 valence electrons. The summed E-state index contributed by atoms with van der Waals surface area (Å²) in [6.07, 6.45) is 19.2. The van der Waals surface area contributed by atoms with E-state index in [0.717, 1.165) is 23.7 Å². The van der Waals surface area contributed by atoms with Crippen LogP contribution in [0.4, 0.5) is 17.1 Å². The van der Waals surface area contributed by atoms with Crippen LogP contribution >= 0.6 is 0 Å². The normalized spacial score (nSPS) is 22.8. The summed E-state index contributed by atoms with van der Waals surface area (Å²) in [6.45, 7) is 4.89. The Kier molecular flexibility index (Phi) is 8.94. The zero-order valence-electron chi connectivity index (χ0n) is 34.3. The molecule has 0 saturated heterocycles. The Balaban J connectivity index is 1.02. The summed E-state index contributed by atoms with van der Waals surface area (Å²) in [5, 5.41) is 2.68. The highest BCUT2D eigenvalue weighted by Gasteiger charge is 2.40. The summed E-state index contributed by atoms with van der Waals surface area (Å²) in [7, 11) is 0. The molecule has 11 rings (SSSR count). The van der Waals surface area contributed by atoms with E-state index in [-0.39, 0.29) is 5.41 Å². The molecule has 0 radical (unpaired) electrons. The smallest absolute Gasteiger partial charge is 0.0540 e. The molecule has 5 aliphatic carbocycles. The highest BCUT2D eigenvalue weighted by atomic mass is 15.1. The van der Waals surface area contributed by atoms with Gasteiger partial charge < -0.3 is 4.90 Å². The third-order valence-corrected chi connectivity index (χ3v) is 15.8. The molecule has 3 unspecified atom stereocenters. The lowest BCUT2D eigenvalue weighted by Crippen LogP contribution is -2.17. The van der Waals surface area contributed by atoms with Gasteiger partial charge >= 0.3 is 0 Å². The van der Waals surface area contributed by atoms with E-state index in [1.54, 1.807) is 5.56 Å². The summed E-state index contributed by atoms with van der Waals surface area (Å²) < 4.78 is 0. The molecule has 2 bridgehead atoms. The van der Waals surface area contributed by atoms with E-state index in [0.29, 0.717) is 5.92 Å². The first-order chi connectivity index (χ1) is 28.0. The molecule has 4 saturated carbocycles. The maximum Gasteiger partial charge on any atom is 0.0540 e. The van der Waals surface area contributed by atoms with Gasteiger partial charge in [-0.15, -0.1) is 0 Å². The molecule has 5 aliphatic rings. The van der Waals surface area contributed by atoms with Crippen molar-refractivity contribution in [3.8, 4) is 22.3 Å². The van der Waals surface area contributed by atoms with Crippen LogP contribution in [0.5, 0.6) is 0 Å². The van der Waals surface area contributed by atoms with Crippen molar-refractivity contribution in [2.24, 2.45) is 11.8 Å². The number of hydrogen-bond acceptors (Lipinski definition) is 1.